The SMILES string of the molecule is CC(C)(CCN)CN1C(=O)Cc2cc(CN)ccc21. The van der Waals surface area contributed by atoms with Crippen molar-refractivity contribution in [3.8, 4) is 0 Å². The maximum Gasteiger partial charge on any atom is 0.231 e. The van der Waals surface area contributed by atoms with E-state index in [1.54, 1.807) is 0 Å². The van der Waals surface area contributed by atoms with Gasteiger partial charge in [0.05, 0.1) is 6.42 Å². The molecule has 104 valence electrons. The molecule has 4 nitrogen and oxygen atoms in total. The van der Waals surface area contributed by atoms with Crippen LogP contribution in [0.1, 0.15) is 31.4 Å². The number of fused-ring (bicyclic) bond motifs is 1. The first kappa shape index (κ1) is 14.0. The average molecular weight is 261 g/mol. The molecule has 0 fully saturated rings. The quantitative estimate of drug-likeness (QED) is 0.841. The number of hydrogen-bond donors (Lipinski definition) is 2. The van der Waals surface area contributed by atoms with Crippen molar-refractivity contribution in [3.05, 3.63) is 29.3 Å². The number of carbonyl (C=O) groups excluding carboxylic acids is 1. The van der Waals surface area contributed by atoms with Crippen molar-refractivity contribution in [3.63, 3.8) is 0 Å². The number of nitrogens with zero attached hydrogens (tertiary/aromatic N) is 1. The van der Waals surface area contributed by atoms with E-state index < -0.39 is 0 Å². The van der Waals surface area contributed by atoms with Gasteiger partial charge in [-0.15, -0.1) is 0 Å². The number of nitrogens with two attached hydrogens (primary N) is 2. The van der Waals surface area contributed by atoms with Gasteiger partial charge < -0.3 is 16.4 Å². The van der Waals surface area contributed by atoms with Gasteiger partial charge in [-0.3, -0.25) is 4.79 Å². The molecule has 1 aliphatic heterocycles. The molecule has 2 rings (SSSR count). The van der Waals surface area contributed by atoms with Crippen molar-refractivity contribution in [2.45, 2.75) is 33.2 Å². The molecule has 0 spiro atoms. The highest BCUT2D eigenvalue weighted by Crippen LogP contribution is 2.33. The molecule has 0 saturated carbocycles. The standard InChI is InChI=1S/C15H23N3O/c1-15(2,5-6-16)10-18-13-4-3-11(9-17)7-12(13)8-14(18)19/h3-4,7H,5-6,8-10,16-17H2,1-2H3. The topological polar surface area (TPSA) is 72.3 Å². The van der Waals surface area contributed by atoms with Crippen molar-refractivity contribution >= 4 is 11.6 Å². The zero-order valence-electron chi connectivity index (χ0n) is 11.8. The molecule has 1 aromatic rings. The molecule has 1 aromatic carbocycles. The lowest BCUT2D eigenvalue weighted by molar-refractivity contribution is -0.117. The Morgan fingerprint density at radius 1 is 1.32 bits per heavy atom. The summed E-state index contributed by atoms with van der Waals surface area (Å²) in [5.41, 5.74) is 14.5. The molecule has 0 aromatic heterocycles. The molecule has 0 bridgehead atoms. The second-order valence-corrected chi connectivity index (χ2v) is 6.03. The first-order chi connectivity index (χ1) is 8.96. The number of carbonyl (C=O) groups is 1. The molecule has 0 radical (unpaired) electrons. The lowest BCUT2D eigenvalue weighted by Crippen LogP contribution is -2.37. The van der Waals surface area contributed by atoms with E-state index in [0.29, 0.717) is 19.5 Å². The molecule has 19 heavy (non-hydrogen) atoms. The predicted octanol–water partition coefficient (Wildman–Crippen LogP) is 1.41. The zero-order valence-corrected chi connectivity index (χ0v) is 11.8. The summed E-state index contributed by atoms with van der Waals surface area (Å²) in [5.74, 6) is 0.175. The largest absolute Gasteiger partial charge is 0.330 e. The molecule has 1 heterocycles. The van der Waals surface area contributed by atoms with E-state index in [9.17, 15) is 4.79 Å². The molecule has 0 unspecified atom stereocenters. The zero-order chi connectivity index (χ0) is 14.0. The van der Waals surface area contributed by atoms with Crippen molar-refractivity contribution in [2.75, 3.05) is 18.0 Å². The summed E-state index contributed by atoms with van der Waals surface area (Å²) in [6, 6.07) is 6.06. The third-order valence-electron chi connectivity index (χ3n) is 3.72. The molecule has 0 aliphatic carbocycles. The van der Waals surface area contributed by atoms with E-state index >= 15 is 0 Å². The molecule has 4 heteroatoms. The normalized spacial score (nSPS) is 14.9. The number of benzene rings is 1. The fourth-order valence-corrected chi connectivity index (χ4v) is 2.63. The Bertz CT molecular complexity index is 482. The van der Waals surface area contributed by atoms with Crippen molar-refractivity contribution in [1.29, 1.82) is 0 Å². The van der Waals surface area contributed by atoms with Gasteiger partial charge in [0, 0.05) is 18.8 Å². The van der Waals surface area contributed by atoms with Gasteiger partial charge in [0.15, 0.2) is 0 Å². The summed E-state index contributed by atoms with van der Waals surface area (Å²) in [4.78, 5) is 14.1. The van der Waals surface area contributed by atoms with E-state index in [-0.39, 0.29) is 11.3 Å². The number of hydrogen-bond acceptors (Lipinski definition) is 3. The highest BCUT2D eigenvalue weighted by molar-refractivity contribution is 6.01. The Morgan fingerprint density at radius 3 is 2.68 bits per heavy atom. The van der Waals surface area contributed by atoms with Gasteiger partial charge in [-0.25, -0.2) is 0 Å². The van der Waals surface area contributed by atoms with Crippen molar-refractivity contribution in [1.82, 2.24) is 0 Å². The fourth-order valence-electron chi connectivity index (χ4n) is 2.63. The lowest BCUT2D eigenvalue weighted by atomic mass is 9.88. The van der Waals surface area contributed by atoms with Gasteiger partial charge in [-0.05, 0) is 35.6 Å². The van der Waals surface area contributed by atoms with E-state index in [2.05, 4.69) is 13.8 Å². The van der Waals surface area contributed by atoms with Crippen LogP contribution in [0.25, 0.3) is 0 Å². The number of amides is 1. The first-order valence-corrected chi connectivity index (χ1v) is 6.79. The van der Waals surface area contributed by atoms with E-state index in [4.69, 9.17) is 11.5 Å². The van der Waals surface area contributed by atoms with E-state index in [1.807, 2.05) is 23.1 Å². The van der Waals surface area contributed by atoms with Gasteiger partial charge in [-0.1, -0.05) is 26.0 Å². The highest BCUT2D eigenvalue weighted by atomic mass is 16.2. The number of rotatable bonds is 5. The Balaban J connectivity index is 2.23. The molecular weight excluding hydrogens is 238 g/mol. The van der Waals surface area contributed by atoms with E-state index in [0.717, 1.165) is 29.8 Å². The smallest absolute Gasteiger partial charge is 0.231 e. The summed E-state index contributed by atoms with van der Waals surface area (Å²) in [7, 11) is 0. The first-order valence-electron chi connectivity index (χ1n) is 6.79. The minimum absolute atomic E-state index is 0.0402. The lowest BCUT2D eigenvalue weighted by Gasteiger charge is -2.30. The fraction of sp³-hybridized carbons (Fsp3) is 0.533. The van der Waals surface area contributed by atoms with Gasteiger partial charge in [-0.2, -0.15) is 0 Å². The van der Waals surface area contributed by atoms with Crippen LogP contribution >= 0.6 is 0 Å². The molecule has 4 N–H and O–H groups in total. The summed E-state index contributed by atoms with van der Waals surface area (Å²) in [6.45, 7) is 6.19. The van der Waals surface area contributed by atoms with Crippen LogP contribution in [0.2, 0.25) is 0 Å². The third-order valence-corrected chi connectivity index (χ3v) is 3.72. The maximum atomic E-state index is 12.2. The van der Waals surface area contributed by atoms with Crippen LogP contribution in [0.15, 0.2) is 18.2 Å². The Hall–Kier alpha value is -1.39. The Kier molecular flexibility index (Phi) is 3.92. The van der Waals surface area contributed by atoms with Crippen LogP contribution in [-0.4, -0.2) is 19.0 Å². The third kappa shape index (κ3) is 2.96. The van der Waals surface area contributed by atoms with Crippen LogP contribution in [0.3, 0.4) is 0 Å². The minimum atomic E-state index is 0.0402. The molecule has 1 aliphatic rings. The van der Waals surface area contributed by atoms with Crippen molar-refractivity contribution in [2.24, 2.45) is 16.9 Å². The maximum absolute atomic E-state index is 12.2. The molecular formula is C15H23N3O. The van der Waals surface area contributed by atoms with Crippen LogP contribution in [-0.2, 0) is 17.8 Å². The van der Waals surface area contributed by atoms with Gasteiger partial charge in [0.2, 0.25) is 5.91 Å². The average Bonchev–Trinajstić information content (AvgIpc) is 2.64. The molecule has 0 saturated heterocycles. The van der Waals surface area contributed by atoms with Gasteiger partial charge in [0.1, 0.15) is 0 Å². The second-order valence-electron chi connectivity index (χ2n) is 6.03. The van der Waals surface area contributed by atoms with Crippen LogP contribution < -0.4 is 16.4 Å². The van der Waals surface area contributed by atoms with Crippen LogP contribution in [0, 0.1) is 5.41 Å². The summed E-state index contributed by atoms with van der Waals surface area (Å²) in [5, 5.41) is 0. The van der Waals surface area contributed by atoms with Crippen molar-refractivity contribution < 1.29 is 4.79 Å². The predicted molar refractivity (Wildman–Crippen MR) is 77.8 cm³/mol. The monoisotopic (exact) mass is 261 g/mol. The van der Waals surface area contributed by atoms with E-state index in [1.165, 1.54) is 0 Å². The molecule has 0 atom stereocenters. The number of anilines is 1. The summed E-state index contributed by atoms with van der Waals surface area (Å²) < 4.78 is 0. The minimum Gasteiger partial charge on any atom is -0.330 e. The highest BCUT2D eigenvalue weighted by Gasteiger charge is 2.31. The Morgan fingerprint density at radius 2 is 2.05 bits per heavy atom. The van der Waals surface area contributed by atoms with Gasteiger partial charge >= 0.3 is 0 Å². The Labute approximate surface area is 114 Å². The second kappa shape index (κ2) is 5.31. The van der Waals surface area contributed by atoms with Gasteiger partial charge in [0.25, 0.3) is 0 Å². The summed E-state index contributed by atoms with van der Waals surface area (Å²) in [6.07, 6.45) is 1.40. The molecule has 1 amide bonds. The summed E-state index contributed by atoms with van der Waals surface area (Å²) >= 11 is 0. The van der Waals surface area contributed by atoms with Crippen LogP contribution in [0.4, 0.5) is 5.69 Å². The van der Waals surface area contributed by atoms with Crippen LogP contribution in [0.5, 0.6) is 0 Å².